The van der Waals surface area contributed by atoms with Gasteiger partial charge in [0, 0.05) is 0 Å². The summed E-state index contributed by atoms with van der Waals surface area (Å²) in [6.45, 7) is 0. The first-order valence-electron chi connectivity index (χ1n) is 12.9. The van der Waals surface area contributed by atoms with Crippen LogP contribution in [0.5, 0.6) is 0 Å². The molecule has 0 saturated heterocycles. The summed E-state index contributed by atoms with van der Waals surface area (Å²) in [6, 6.07) is 0. The molecule has 1 radical (unpaired) electrons. The predicted octanol–water partition coefficient (Wildman–Crippen LogP) is -16.8. The molecule has 0 rings (SSSR count). The van der Waals surface area contributed by atoms with Crippen LogP contribution in [-0.4, -0.2) is 88.1 Å². The molecule has 18 N–H and O–H groups in total. The van der Waals surface area contributed by atoms with Crippen molar-refractivity contribution in [3.05, 3.63) is 0 Å². The SMILES string of the molecule is O=P(O)(O)[O][Mo](=[O])(=[O])[O-].O=P(O)(O)[O][Mo](=[O])(=[O])[O-].O=P(O)(O)[O][Mo](=[O])(=[O])[O-].O=P(O)(O)[O][Mo](=[O])(=[O])[O-].O=P(O)(O)[O][Mo](=[O])(=[O])[O-].O=P(O)(O)[O][Mo](=[O])(=[O])[O-].O=P(O)(O)[O][Mo](=[O])(=[O])[O-].O=P(O)(O)[O][Mo](=[O])(=[O])[O-].O=P(O)(O)[O][Mo](=[O])(=[O])[O-].[Ce+3].[Mo+6]. The zero-order chi connectivity index (χ0) is 69.4. The Balaban J connectivity index is -0.0000000778. The smallest absolute Gasteiger partial charge is 3.00 e. The van der Waals surface area contributed by atoms with E-state index in [1.807, 2.05) is 0 Å². The molecule has 0 aromatic heterocycles. The van der Waals surface area contributed by atoms with E-state index in [2.05, 4.69) is 28.6 Å². The molecule has 0 spiro atoms. The normalized spacial score (nSPS) is 13.3. The molecule has 83 heavy (non-hydrogen) atoms. The van der Waals surface area contributed by atoms with E-state index in [4.69, 9.17) is 88.1 Å². The molecule has 0 fully saturated rings. The summed E-state index contributed by atoms with van der Waals surface area (Å²) in [5, 5.41) is 0. The number of hydrogen-bond acceptors (Lipinski definition) is 45. The molecule has 0 unspecified atom stereocenters. The van der Waals surface area contributed by atoms with Crippen molar-refractivity contribution < 1.29 is 466 Å². The van der Waals surface area contributed by atoms with E-state index in [0.29, 0.717) is 0 Å². The molecule has 0 aliphatic rings. The minimum Gasteiger partial charge on any atom is 3.00 e. The molecule has 63 nitrogen and oxygen atoms in total. The van der Waals surface area contributed by atoms with Gasteiger partial charge in [0.2, 0.25) is 0 Å². The van der Waals surface area contributed by atoms with E-state index >= 15 is 0 Å². The molecule has 0 aliphatic heterocycles. The first kappa shape index (κ1) is 113. The van der Waals surface area contributed by atoms with Gasteiger partial charge in [0.05, 0.1) is 0 Å². The summed E-state index contributed by atoms with van der Waals surface area (Å²) in [4.78, 5) is 138. The Labute approximate surface area is 528 Å². The molecular formula is H18CeMo10O63P9. The molecule has 0 aromatic rings. The minimum atomic E-state index is -6.28. The van der Waals surface area contributed by atoms with Crippen molar-refractivity contribution in [1.82, 2.24) is 0 Å². The van der Waals surface area contributed by atoms with Gasteiger partial charge in [-0.1, -0.05) is 0 Å². The molecule has 0 amide bonds. The molecule has 0 aromatic carbocycles. The number of rotatable bonds is 18. The van der Waals surface area contributed by atoms with Crippen LogP contribution in [-0.2, 0) is 303 Å². The zero-order valence-electron chi connectivity index (χ0n) is 35.0. The average molecular weight is 2400 g/mol. The molecule has 505 valence electrons. The van der Waals surface area contributed by atoms with E-state index in [0.717, 1.165) is 0 Å². The third-order valence-corrected chi connectivity index (χ3v) is 30.1. The topological polar surface area (TPSA) is 1120 Å². The molecule has 0 atom stereocenters. The Morgan fingerprint density at radius 2 is 0.217 bits per heavy atom. The summed E-state index contributed by atoms with van der Waals surface area (Å²) in [6.07, 6.45) is 0. The fourth-order valence-corrected chi connectivity index (χ4v) is 19.0. The van der Waals surface area contributed by atoms with Crippen LogP contribution in [0.1, 0.15) is 0 Å². The average Bonchev–Trinajstić information content (AvgIpc) is 2.81. The summed E-state index contributed by atoms with van der Waals surface area (Å²) < 4.78 is 367. The van der Waals surface area contributed by atoms with Crippen molar-refractivity contribution in [2.24, 2.45) is 0 Å². The van der Waals surface area contributed by atoms with Crippen molar-refractivity contribution in [1.29, 1.82) is 0 Å². The van der Waals surface area contributed by atoms with Crippen molar-refractivity contribution in [3.8, 4) is 0 Å². The second kappa shape index (κ2) is 43.5. The Kier molecular flexibility index (Phi) is 59.0. The first-order chi connectivity index (χ1) is 33.4. The fraction of sp³-hybridized carbons (Fsp3) is 0. The van der Waals surface area contributed by atoms with Gasteiger partial charge in [-0.3, -0.25) is 0 Å². The Morgan fingerprint density at radius 3 is 0.217 bits per heavy atom. The molecule has 0 bridgehead atoms. The van der Waals surface area contributed by atoms with E-state index in [1.54, 1.807) is 0 Å². The molecule has 0 aliphatic carbocycles. The Hall–Kier alpha value is 5.29. The maximum absolute atomic E-state index is 9.57. The van der Waals surface area contributed by atoms with E-state index in [9.17, 15) is 136 Å². The van der Waals surface area contributed by atoms with Crippen molar-refractivity contribution in [3.63, 3.8) is 0 Å². The zero-order valence-corrected chi connectivity index (χ0v) is 66.3. The summed E-state index contributed by atoms with van der Waals surface area (Å²) >= 11 is -56.5. The van der Waals surface area contributed by atoms with Crippen LogP contribution in [0.3, 0.4) is 0 Å². The maximum Gasteiger partial charge on any atom is 6.00 e. The van der Waals surface area contributed by atoms with Gasteiger partial charge < -0.3 is 0 Å². The number of hydrogen-bond donors (Lipinski definition) is 18. The van der Waals surface area contributed by atoms with Gasteiger partial charge in [0.1, 0.15) is 0 Å². The van der Waals surface area contributed by atoms with Crippen LogP contribution < -0.4 is 33.8 Å². The standard InChI is InChI=1S/Ce.10Mo.9H3O4P.27O/c;;;;;;;;;;;9*1-5(2,3)4;;;;;;;;;;;;;;;;;;;;;;;;;;;/h;;;;;;;;;;;9*(H3,1,2,3,4);;;;;;;;;;;;;;;;;;;;;;;;;;;/q+3;9*+1;+6;;;;;;;;;;;;;;;;;;;;;;;;;;;;9*-1/p-9. The summed E-state index contributed by atoms with van der Waals surface area (Å²) in [5.41, 5.74) is 0. The minimum absolute atomic E-state index is 0. The summed E-state index contributed by atoms with van der Waals surface area (Å²) in [5.74, 6) is 0. The van der Waals surface area contributed by atoms with Gasteiger partial charge in [-0.25, -0.2) is 0 Å². The van der Waals surface area contributed by atoms with Crippen molar-refractivity contribution in [2.45, 2.75) is 0 Å². The van der Waals surface area contributed by atoms with Crippen molar-refractivity contribution >= 4 is 70.4 Å². The van der Waals surface area contributed by atoms with E-state index < -0.39 is 221 Å². The van der Waals surface area contributed by atoms with Crippen LogP contribution in [0, 0.1) is 41.7 Å². The largest absolute Gasteiger partial charge is 6.00 e. The van der Waals surface area contributed by atoms with Crippen LogP contribution in [0.2, 0.25) is 0 Å². The molecular weight excluding hydrogens is 2390 g/mol. The third kappa shape index (κ3) is 181. The van der Waals surface area contributed by atoms with Gasteiger partial charge in [-0.05, 0) is 0 Å². The Morgan fingerprint density at radius 1 is 0.181 bits per heavy atom. The van der Waals surface area contributed by atoms with Crippen LogP contribution >= 0.6 is 70.4 Å². The van der Waals surface area contributed by atoms with Gasteiger partial charge >= 0.3 is 537 Å². The van der Waals surface area contributed by atoms with Crippen LogP contribution in [0.15, 0.2) is 0 Å². The van der Waals surface area contributed by atoms with E-state index in [-0.39, 0.29) is 62.8 Å². The second-order valence-electron chi connectivity index (χ2n) is 8.76. The first-order valence-corrected chi connectivity index (χ1v) is 56.2. The van der Waals surface area contributed by atoms with Gasteiger partial charge in [0.25, 0.3) is 0 Å². The molecule has 0 saturated carbocycles. The fourth-order valence-electron chi connectivity index (χ4n) is 1.07. The number of phosphoric acid groups is 9. The van der Waals surface area contributed by atoms with Crippen LogP contribution in [0.25, 0.3) is 0 Å². The maximum atomic E-state index is 9.57. The van der Waals surface area contributed by atoms with E-state index in [1.165, 1.54) is 0 Å². The van der Waals surface area contributed by atoms with Crippen molar-refractivity contribution in [2.75, 3.05) is 0 Å². The summed E-state index contributed by atoms with van der Waals surface area (Å²) in [7, 11) is -46.3. The quantitative estimate of drug-likeness (QED) is 0.0448. The molecule has 83 heteroatoms. The third-order valence-electron chi connectivity index (χ3n) is 1.70. The van der Waals surface area contributed by atoms with Gasteiger partial charge in [-0.2, -0.15) is 0 Å². The van der Waals surface area contributed by atoms with Gasteiger partial charge in [-0.15, -0.1) is 0 Å². The predicted molar refractivity (Wildman–Crippen MR) is 131 cm³/mol. The Bertz CT molecular complexity index is 2690. The van der Waals surface area contributed by atoms with Crippen LogP contribution in [0.4, 0.5) is 0 Å². The van der Waals surface area contributed by atoms with Gasteiger partial charge in [0.15, 0.2) is 0 Å². The molecule has 0 heterocycles. The monoisotopic (exact) mass is 2420 g/mol. The second-order valence-corrected chi connectivity index (χ2v) is 46.9.